The molecule has 134 valence electrons. The summed E-state index contributed by atoms with van der Waals surface area (Å²) in [5, 5.41) is 5.99. The van der Waals surface area contributed by atoms with Crippen LogP contribution in [0.3, 0.4) is 0 Å². The number of nitrogens with one attached hydrogen (secondary N) is 2. The molecule has 2 aromatic heterocycles. The maximum Gasteiger partial charge on any atom is 0.270 e. The maximum atomic E-state index is 12.2. The second-order valence-electron chi connectivity index (χ2n) is 5.39. The highest BCUT2D eigenvalue weighted by atomic mass is 16.5. The molecule has 0 aliphatic rings. The van der Waals surface area contributed by atoms with Gasteiger partial charge in [0.1, 0.15) is 11.5 Å². The van der Waals surface area contributed by atoms with Gasteiger partial charge in [0.25, 0.3) is 5.91 Å². The molecule has 0 bridgehead atoms. The van der Waals surface area contributed by atoms with E-state index in [0.29, 0.717) is 29.5 Å². The van der Waals surface area contributed by atoms with Gasteiger partial charge in [0.05, 0.1) is 27.0 Å². The summed E-state index contributed by atoms with van der Waals surface area (Å²) in [6.07, 6.45) is 3.14. The molecule has 2 N–H and O–H groups in total. The summed E-state index contributed by atoms with van der Waals surface area (Å²) in [5.41, 5.74) is 1.84. The minimum atomic E-state index is -0.280. The summed E-state index contributed by atoms with van der Waals surface area (Å²) < 4.78 is 15.7. The number of ether oxygens (including phenoxy) is 2. The molecule has 0 saturated heterocycles. The van der Waals surface area contributed by atoms with Crippen LogP contribution in [0.25, 0.3) is 0 Å². The lowest BCUT2D eigenvalue weighted by Gasteiger charge is -2.12. The van der Waals surface area contributed by atoms with Crippen LogP contribution in [0.4, 0.5) is 11.4 Å². The van der Waals surface area contributed by atoms with Crippen molar-refractivity contribution >= 4 is 17.3 Å². The predicted molar refractivity (Wildman–Crippen MR) is 96.9 cm³/mol. The fourth-order valence-electron chi connectivity index (χ4n) is 2.38. The third-order valence-corrected chi connectivity index (χ3v) is 3.67. The molecule has 0 aliphatic carbocycles. The standard InChI is InChI=1S/C19H19N3O4/c1-24-17-6-5-13(11-18(17)25-2)22-14-7-8-20-16(10-14)19(23)21-12-15-4-3-9-26-15/h3-11H,12H2,1-2H3,(H,20,22)(H,21,23). The molecule has 0 fully saturated rings. The summed E-state index contributed by atoms with van der Waals surface area (Å²) in [5.74, 6) is 1.66. The van der Waals surface area contributed by atoms with Crippen molar-refractivity contribution in [2.75, 3.05) is 19.5 Å². The number of rotatable bonds is 7. The van der Waals surface area contributed by atoms with E-state index < -0.39 is 0 Å². The van der Waals surface area contributed by atoms with E-state index in [4.69, 9.17) is 13.9 Å². The fourth-order valence-corrected chi connectivity index (χ4v) is 2.38. The van der Waals surface area contributed by atoms with Crippen LogP contribution in [-0.2, 0) is 6.54 Å². The highest BCUT2D eigenvalue weighted by Crippen LogP contribution is 2.31. The smallest absolute Gasteiger partial charge is 0.270 e. The number of pyridine rings is 1. The van der Waals surface area contributed by atoms with Crippen LogP contribution in [0.1, 0.15) is 16.2 Å². The number of carbonyl (C=O) groups excluding carboxylic acids is 1. The zero-order valence-electron chi connectivity index (χ0n) is 14.5. The van der Waals surface area contributed by atoms with Crippen molar-refractivity contribution in [2.24, 2.45) is 0 Å². The molecule has 1 aromatic carbocycles. The number of methoxy groups -OCH3 is 2. The molecule has 3 aromatic rings. The molecule has 7 heteroatoms. The Balaban J connectivity index is 1.70. The molecule has 0 atom stereocenters. The molecule has 3 rings (SSSR count). The normalized spacial score (nSPS) is 10.2. The molecule has 26 heavy (non-hydrogen) atoms. The molecule has 7 nitrogen and oxygen atoms in total. The van der Waals surface area contributed by atoms with E-state index in [-0.39, 0.29) is 5.91 Å². The Morgan fingerprint density at radius 3 is 2.62 bits per heavy atom. The number of hydrogen-bond acceptors (Lipinski definition) is 6. The van der Waals surface area contributed by atoms with E-state index in [9.17, 15) is 4.79 Å². The van der Waals surface area contributed by atoms with Crippen molar-refractivity contribution in [3.05, 3.63) is 66.4 Å². The van der Waals surface area contributed by atoms with E-state index in [1.54, 1.807) is 57.0 Å². The third kappa shape index (κ3) is 4.13. The van der Waals surface area contributed by atoms with E-state index in [1.165, 1.54) is 0 Å². The second kappa shape index (κ2) is 8.06. The number of anilines is 2. The van der Waals surface area contributed by atoms with Crippen molar-refractivity contribution in [3.8, 4) is 11.5 Å². The zero-order valence-corrected chi connectivity index (χ0v) is 14.5. The Kier molecular flexibility index (Phi) is 5.38. The number of carbonyl (C=O) groups is 1. The number of nitrogens with zero attached hydrogens (tertiary/aromatic N) is 1. The molecule has 0 saturated carbocycles. The summed E-state index contributed by atoms with van der Waals surface area (Å²) in [4.78, 5) is 16.4. The molecular formula is C19H19N3O4. The van der Waals surface area contributed by atoms with Gasteiger partial charge in [-0.25, -0.2) is 0 Å². The van der Waals surface area contributed by atoms with Crippen LogP contribution in [0.2, 0.25) is 0 Å². The Morgan fingerprint density at radius 2 is 1.88 bits per heavy atom. The highest BCUT2D eigenvalue weighted by Gasteiger charge is 2.10. The van der Waals surface area contributed by atoms with Gasteiger partial charge in [0.2, 0.25) is 0 Å². The number of furan rings is 1. The Bertz CT molecular complexity index is 878. The third-order valence-electron chi connectivity index (χ3n) is 3.67. The Labute approximate surface area is 151 Å². The van der Waals surface area contributed by atoms with Gasteiger partial charge in [-0.1, -0.05) is 0 Å². The first-order valence-electron chi connectivity index (χ1n) is 7.95. The lowest BCUT2D eigenvalue weighted by molar-refractivity contribution is 0.0943. The monoisotopic (exact) mass is 353 g/mol. The fraction of sp³-hybridized carbons (Fsp3) is 0.158. The molecular weight excluding hydrogens is 334 g/mol. The summed E-state index contributed by atoms with van der Waals surface area (Å²) in [6, 6.07) is 12.5. The first-order chi connectivity index (χ1) is 12.7. The van der Waals surface area contributed by atoms with Crippen LogP contribution in [0, 0.1) is 0 Å². The van der Waals surface area contributed by atoms with Crippen LogP contribution in [0.5, 0.6) is 11.5 Å². The Morgan fingerprint density at radius 1 is 1.08 bits per heavy atom. The minimum absolute atomic E-state index is 0.280. The quantitative estimate of drug-likeness (QED) is 0.677. The van der Waals surface area contributed by atoms with Crippen LogP contribution in [-0.4, -0.2) is 25.1 Å². The van der Waals surface area contributed by atoms with Gasteiger partial charge in [0.15, 0.2) is 11.5 Å². The van der Waals surface area contributed by atoms with Crippen molar-refractivity contribution in [1.29, 1.82) is 0 Å². The lowest BCUT2D eigenvalue weighted by atomic mass is 10.2. The van der Waals surface area contributed by atoms with Gasteiger partial charge < -0.3 is 24.5 Å². The first-order valence-corrected chi connectivity index (χ1v) is 7.95. The Hall–Kier alpha value is -3.48. The van der Waals surface area contributed by atoms with Crippen LogP contribution >= 0.6 is 0 Å². The summed E-state index contributed by atoms with van der Waals surface area (Å²) >= 11 is 0. The molecule has 0 unspecified atom stereocenters. The molecule has 2 heterocycles. The van der Waals surface area contributed by atoms with E-state index in [0.717, 1.165) is 11.4 Å². The predicted octanol–water partition coefficient (Wildman–Crippen LogP) is 3.37. The number of amides is 1. The molecule has 0 aliphatic heterocycles. The van der Waals surface area contributed by atoms with Crippen molar-refractivity contribution in [3.63, 3.8) is 0 Å². The van der Waals surface area contributed by atoms with Gasteiger partial charge in [-0.05, 0) is 36.4 Å². The van der Waals surface area contributed by atoms with Crippen molar-refractivity contribution in [2.45, 2.75) is 6.54 Å². The average molecular weight is 353 g/mol. The van der Waals surface area contributed by atoms with E-state index in [2.05, 4.69) is 15.6 Å². The van der Waals surface area contributed by atoms with Crippen LogP contribution < -0.4 is 20.1 Å². The second-order valence-corrected chi connectivity index (χ2v) is 5.39. The van der Waals surface area contributed by atoms with Gasteiger partial charge >= 0.3 is 0 Å². The van der Waals surface area contributed by atoms with Gasteiger partial charge in [-0.3, -0.25) is 9.78 Å². The summed E-state index contributed by atoms with van der Waals surface area (Å²) in [7, 11) is 3.16. The van der Waals surface area contributed by atoms with Gasteiger partial charge in [-0.2, -0.15) is 0 Å². The summed E-state index contributed by atoms with van der Waals surface area (Å²) in [6.45, 7) is 0.306. The molecule has 0 spiro atoms. The van der Waals surface area contributed by atoms with Gasteiger partial charge in [0, 0.05) is 23.6 Å². The number of hydrogen-bond donors (Lipinski definition) is 2. The maximum absolute atomic E-state index is 12.2. The van der Waals surface area contributed by atoms with E-state index in [1.807, 2.05) is 12.1 Å². The molecule has 0 radical (unpaired) electrons. The van der Waals surface area contributed by atoms with E-state index >= 15 is 0 Å². The number of benzene rings is 1. The first kappa shape index (κ1) is 17.3. The lowest BCUT2D eigenvalue weighted by Crippen LogP contribution is -2.23. The van der Waals surface area contributed by atoms with Crippen LogP contribution in [0.15, 0.2) is 59.3 Å². The zero-order chi connectivity index (χ0) is 18.4. The minimum Gasteiger partial charge on any atom is -0.493 e. The highest BCUT2D eigenvalue weighted by molar-refractivity contribution is 5.93. The topological polar surface area (TPSA) is 85.6 Å². The van der Waals surface area contributed by atoms with Gasteiger partial charge in [-0.15, -0.1) is 0 Å². The molecule has 1 amide bonds. The number of aromatic nitrogens is 1. The van der Waals surface area contributed by atoms with Crippen molar-refractivity contribution < 1.29 is 18.7 Å². The SMILES string of the molecule is COc1ccc(Nc2ccnc(C(=O)NCc3ccco3)c2)cc1OC. The van der Waals surface area contributed by atoms with Crippen molar-refractivity contribution in [1.82, 2.24) is 10.3 Å². The largest absolute Gasteiger partial charge is 0.493 e. The average Bonchev–Trinajstić information content (AvgIpc) is 3.20.